The molecular formula is C18H12BrCl. The van der Waals surface area contributed by atoms with Gasteiger partial charge in [-0.1, -0.05) is 70.0 Å². The number of rotatable bonds is 2. The van der Waals surface area contributed by atoms with E-state index in [0.717, 1.165) is 9.50 Å². The first kappa shape index (κ1) is 13.4. The standard InChI is InChI=1S/C18H12BrCl/c19-17-6-2-5-16(12-17)15-4-1-3-14(11-15)13-7-9-18(20)10-8-13/h1-12H. The minimum absolute atomic E-state index is 0.761. The number of benzene rings is 3. The molecule has 98 valence electrons. The van der Waals surface area contributed by atoms with E-state index < -0.39 is 0 Å². The van der Waals surface area contributed by atoms with Gasteiger partial charge in [0.25, 0.3) is 0 Å². The lowest BCUT2D eigenvalue weighted by atomic mass is 9.99. The van der Waals surface area contributed by atoms with Gasteiger partial charge in [0.1, 0.15) is 0 Å². The van der Waals surface area contributed by atoms with E-state index in [1.807, 2.05) is 36.4 Å². The van der Waals surface area contributed by atoms with Crippen LogP contribution < -0.4 is 0 Å². The van der Waals surface area contributed by atoms with Crippen molar-refractivity contribution in [1.82, 2.24) is 0 Å². The molecule has 3 aromatic rings. The normalized spacial score (nSPS) is 10.5. The van der Waals surface area contributed by atoms with Gasteiger partial charge in [0.05, 0.1) is 0 Å². The van der Waals surface area contributed by atoms with Gasteiger partial charge in [-0.15, -0.1) is 0 Å². The van der Waals surface area contributed by atoms with Crippen LogP contribution >= 0.6 is 27.5 Å². The molecule has 0 bridgehead atoms. The van der Waals surface area contributed by atoms with Crippen LogP contribution in [0.25, 0.3) is 22.3 Å². The summed E-state index contributed by atoms with van der Waals surface area (Å²) in [6.45, 7) is 0. The molecule has 0 aliphatic heterocycles. The molecule has 0 atom stereocenters. The zero-order valence-corrected chi connectivity index (χ0v) is 13.0. The second-order valence-electron chi connectivity index (χ2n) is 4.60. The highest BCUT2D eigenvalue weighted by Crippen LogP contribution is 2.28. The Morgan fingerprint density at radius 2 is 1.15 bits per heavy atom. The highest BCUT2D eigenvalue weighted by Gasteiger charge is 2.02. The van der Waals surface area contributed by atoms with Gasteiger partial charge in [0.15, 0.2) is 0 Å². The Morgan fingerprint density at radius 1 is 0.600 bits per heavy atom. The summed E-state index contributed by atoms with van der Waals surface area (Å²) in [5.41, 5.74) is 4.78. The van der Waals surface area contributed by atoms with Gasteiger partial charge in [-0.25, -0.2) is 0 Å². The van der Waals surface area contributed by atoms with Crippen LogP contribution in [-0.2, 0) is 0 Å². The molecule has 0 N–H and O–H groups in total. The van der Waals surface area contributed by atoms with Crippen LogP contribution in [0.1, 0.15) is 0 Å². The summed E-state index contributed by atoms with van der Waals surface area (Å²) in [7, 11) is 0. The third-order valence-corrected chi connectivity index (χ3v) is 3.94. The quantitative estimate of drug-likeness (QED) is 0.502. The lowest BCUT2D eigenvalue weighted by molar-refractivity contribution is 1.57. The maximum Gasteiger partial charge on any atom is 0.0406 e. The number of halogens is 2. The third-order valence-electron chi connectivity index (χ3n) is 3.20. The van der Waals surface area contributed by atoms with Crippen molar-refractivity contribution in [3.63, 3.8) is 0 Å². The fraction of sp³-hybridized carbons (Fsp3) is 0. The van der Waals surface area contributed by atoms with E-state index in [2.05, 4.69) is 52.3 Å². The average molecular weight is 344 g/mol. The van der Waals surface area contributed by atoms with Gasteiger partial charge in [-0.05, 0) is 52.6 Å². The molecule has 0 spiro atoms. The predicted octanol–water partition coefficient (Wildman–Crippen LogP) is 6.44. The monoisotopic (exact) mass is 342 g/mol. The summed E-state index contributed by atoms with van der Waals surface area (Å²) in [5.74, 6) is 0. The number of hydrogen-bond acceptors (Lipinski definition) is 0. The van der Waals surface area contributed by atoms with Crippen LogP contribution in [0.2, 0.25) is 5.02 Å². The van der Waals surface area contributed by atoms with Crippen LogP contribution in [0.3, 0.4) is 0 Å². The molecule has 3 aromatic carbocycles. The second-order valence-corrected chi connectivity index (χ2v) is 5.95. The SMILES string of the molecule is Clc1ccc(-c2cccc(-c3cccc(Br)c3)c2)cc1. The smallest absolute Gasteiger partial charge is 0.0406 e. The van der Waals surface area contributed by atoms with Crippen molar-refractivity contribution < 1.29 is 0 Å². The van der Waals surface area contributed by atoms with Crippen molar-refractivity contribution in [2.75, 3.05) is 0 Å². The molecule has 2 heteroatoms. The van der Waals surface area contributed by atoms with Crippen molar-refractivity contribution in [2.45, 2.75) is 0 Å². The van der Waals surface area contributed by atoms with Gasteiger partial charge in [0, 0.05) is 9.50 Å². The molecule has 0 saturated carbocycles. The van der Waals surface area contributed by atoms with E-state index in [1.165, 1.54) is 22.3 Å². The molecule has 3 rings (SSSR count). The summed E-state index contributed by atoms with van der Waals surface area (Å²) >= 11 is 9.45. The third kappa shape index (κ3) is 2.95. The lowest BCUT2D eigenvalue weighted by Gasteiger charge is -2.06. The summed E-state index contributed by atoms with van der Waals surface area (Å²) in [5, 5.41) is 0.761. The molecule has 0 radical (unpaired) electrons. The minimum atomic E-state index is 0.761. The molecule has 0 amide bonds. The van der Waals surface area contributed by atoms with E-state index in [-0.39, 0.29) is 0 Å². The Hall–Kier alpha value is -1.57. The molecule has 0 saturated heterocycles. The van der Waals surface area contributed by atoms with Crippen molar-refractivity contribution in [2.24, 2.45) is 0 Å². The summed E-state index contributed by atoms with van der Waals surface area (Å²) in [4.78, 5) is 0. The lowest BCUT2D eigenvalue weighted by Crippen LogP contribution is -1.81. The highest BCUT2D eigenvalue weighted by atomic mass is 79.9. The first-order valence-corrected chi connectivity index (χ1v) is 7.51. The first-order chi connectivity index (χ1) is 9.72. The summed E-state index contributed by atoms with van der Waals surface area (Å²) in [6.07, 6.45) is 0. The second kappa shape index (κ2) is 5.82. The van der Waals surface area contributed by atoms with Gasteiger partial charge >= 0.3 is 0 Å². The van der Waals surface area contributed by atoms with Crippen LogP contribution in [0.5, 0.6) is 0 Å². The molecule has 20 heavy (non-hydrogen) atoms. The Bertz CT molecular complexity index is 732. The van der Waals surface area contributed by atoms with Gasteiger partial charge in [0.2, 0.25) is 0 Å². The average Bonchev–Trinajstić information content (AvgIpc) is 2.48. The molecule has 0 unspecified atom stereocenters. The topological polar surface area (TPSA) is 0 Å². The maximum atomic E-state index is 5.94. The molecule has 0 nitrogen and oxygen atoms in total. The van der Waals surface area contributed by atoms with Gasteiger partial charge in [-0.2, -0.15) is 0 Å². The number of hydrogen-bond donors (Lipinski definition) is 0. The van der Waals surface area contributed by atoms with E-state index in [4.69, 9.17) is 11.6 Å². The molecule has 0 aliphatic rings. The molecule has 0 heterocycles. The van der Waals surface area contributed by atoms with Gasteiger partial charge in [-0.3, -0.25) is 0 Å². The Labute approximate surface area is 132 Å². The zero-order chi connectivity index (χ0) is 13.9. The van der Waals surface area contributed by atoms with Crippen molar-refractivity contribution in [3.8, 4) is 22.3 Å². The molecular weight excluding hydrogens is 332 g/mol. The van der Waals surface area contributed by atoms with Crippen LogP contribution in [0, 0.1) is 0 Å². The van der Waals surface area contributed by atoms with Crippen molar-refractivity contribution in [3.05, 3.63) is 82.3 Å². The Morgan fingerprint density at radius 3 is 1.80 bits per heavy atom. The fourth-order valence-electron chi connectivity index (χ4n) is 2.19. The minimum Gasteiger partial charge on any atom is -0.0843 e. The maximum absolute atomic E-state index is 5.94. The van der Waals surface area contributed by atoms with Crippen molar-refractivity contribution in [1.29, 1.82) is 0 Å². The largest absolute Gasteiger partial charge is 0.0843 e. The first-order valence-electron chi connectivity index (χ1n) is 6.34. The van der Waals surface area contributed by atoms with Crippen LogP contribution in [0.4, 0.5) is 0 Å². The van der Waals surface area contributed by atoms with E-state index in [0.29, 0.717) is 0 Å². The van der Waals surface area contributed by atoms with E-state index >= 15 is 0 Å². The van der Waals surface area contributed by atoms with Crippen LogP contribution in [0.15, 0.2) is 77.3 Å². The van der Waals surface area contributed by atoms with E-state index in [1.54, 1.807) is 0 Å². The highest BCUT2D eigenvalue weighted by molar-refractivity contribution is 9.10. The molecule has 0 fully saturated rings. The fourth-order valence-corrected chi connectivity index (χ4v) is 2.71. The van der Waals surface area contributed by atoms with E-state index in [9.17, 15) is 0 Å². The molecule has 0 aliphatic carbocycles. The predicted molar refractivity (Wildman–Crippen MR) is 90.0 cm³/mol. The van der Waals surface area contributed by atoms with Gasteiger partial charge < -0.3 is 0 Å². The Kier molecular flexibility index (Phi) is 3.90. The van der Waals surface area contributed by atoms with Crippen LogP contribution in [-0.4, -0.2) is 0 Å². The van der Waals surface area contributed by atoms with Crippen molar-refractivity contribution >= 4 is 27.5 Å². The Balaban J connectivity index is 2.03. The summed E-state index contributed by atoms with van der Waals surface area (Å²) in [6, 6.07) is 24.8. The molecule has 0 aromatic heterocycles. The zero-order valence-electron chi connectivity index (χ0n) is 10.7. The summed E-state index contributed by atoms with van der Waals surface area (Å²) < 4.78 is 1.09.